The largest absolute Gasteiger partial charge is 0.444 e. The number of hydrogen-bond donors (Lipinski definition) is 1. The van der Waals surface area contributed by atoms with Crippen LogP contribution >= 0.6 is 0 Å². The zero-order valence-corrected chi connectivity index (χ0v) is 15.4. The molecule has 0 aromatic heterocycles. The van der Waals surface area contributed by atoms with E-state index in [1.807, 2.05) is 13.8 Å². The molecular formula is C18H27F3N2O2. The normalized spacial score (nSPS) is 12.4. The Morgan fingerprint density at radius 1 is 1.20 bits per heavy atom. The summed E-state index contributed by atoms with van der Waals surface area (Å²) in [4.78, 5) is 13.7. The van der Waals surface area contributed by atoms with Crippen LogP contribution in [0.5, 0.6) is 0 Å². The van der Waals surface area contributed by atoms with Crippen molar-refractivity contribution in [2.24, 2.45) is 0 Å². The lowest BCUT2D eigenvalue weighted by atomic mass is 10.1. The molecule has 0 fully saturated rings. The van der Waals surface area contributed by atoms with E-state index in [0.29, 0.717) is 13.1 Å². The molecule has 0 bridgehead atoms. The van der Waals surface area contributed by atoms with Gasteiger partial charge in [-0.2, -0.15) is 13.2 Å². The van der Waals surface area contributed by atoms with Gasteiger partial charge in [0.1, 0.15) is 5.60 Å². The summed E-state index contributed by atoms with van der Waals surface area (Å²) in [5.74, 6) is 0. The highest BCUT2D eigenvalue weighted by Crippen LogP contribution is 2.31. The van der Waals surface area contributed by atoms with Gasteiger partial charge in [0.2, 0.25) is 0 Å². The highest BCUT2D eigenvalue weighted by atomic mass is 19.4. The Bertz CT molecular complexity index is 566. The summed E-state index contributed by atoms with van der Waals surface area (Å²) in [5, 5.41) is 2.97. The smallest absolute Gasteiger partial charge is 0.416 e. The van der Waals surface area contributed by atoms with Crippen LogP contribution in [0.25, 0.3) is 0 Å². The molecule has 1 N–H and O–H groups in total. The van der Waals surface area contributed by atoms with Gasteiger partial charge in [-0.1, -0.05) is 18.2 Å². The maximum atomic E-state index is 13.0. The number of alkyl halides is 3. The van der Waals surface area contributed by atoms with E-state index in [4.69, 9.17) is 4.74 Å². The number of amides is 1. The number of rotatable bonds is 6. The number of ether oxygens (including phenoxy) is 1. The summed E-state index contributed by atoms with van der Waals surface area (Å²) in [6.45, 7) is 9.88. The fourth-order valence-corrected chi connectivity index (χ4v) is 2.25. The SMILES string of the molecule is CC(C)N(CCNCc1ccccc1C(F)(F)F)C(=O)OC(C)(C)C. The van der Waals surface area contributed by atoms with Crippen molar-refractivity contribution in [2.45, 2.75) is 59.0 Å². The third kappa shape index (κ3) is 7.34. The Morgan fingerprint density at radius 2 is 1.80 bits per heavy atom. The monoisotopic (exact) mass is 360 g/mol. The van der Waals surface area contributed by atoms with Crippen LogP contribution in [-0.4, -0.2) is 35.7 Å². The molecule has 0 saturated heterocycles. The minimum absolute atomic E-state index is 0.0703. The minimum Gasteiger partial charge on any atom is -0.444 e. The highest BCUT2D eigenvalue weighted by molar-refractivity contribution is 5.68. The molecule has 0 radical (unpaired) electrons. The molecular weight excluding hydrogens is 333 g/mol. The lowest BCUT2D eigenvalue weighted by Gasteiger charge is -2.30. The summed E-state index contributed by atoms with van der Waals surface area (Å²) >= 11 is 0. The zero-order valence-electron chi connectivity index (χ0n) is 15.4. The lowest BCUT2D eigenvalue weighted by molar-refractivity contribution is -0.138. The van der Waals surface area contributed by atoms with E-state index in [1.165, 1.54) is 12.1 Å². The van der Waals surface area contributed by atoms with E-state index in [-0.39, 0.29) is 18.2 Å². The second kappa shape index (κ2) is 8.56. The molecule has 0 aliphatic rings. The number of benzene rings is 1. The second-order valence-electron chi connectivity index (χ2n) is 7.10. The molecule has 1 amide bonds. The summed E-state index contributed by atoms with van der Waals surface area (Å²) in [5.41, 5.74) is -1.05. The number of hydrogen-bond acceptors (Lipinski definition) is 3. The third-order valence-corrected chi connectivity index (χ3v) is 3.42. The molecule has 0 aliphatic heterocycles. The Hall–Kier alpha value is -1.76. The van der Waals surface area contributed by atoms with E-state index >= 15 is 0 Å². The number of carbonyl (C=O) groups excluding carboxylic acids is 1. The van der Waals surface area contributed by atoms with Crippen molar-refractivity contribution in [3.63, 3.8) is 0 Å². The molecule has 1 aromatic carbocycles. The van der Waals surface area contributed by atoms with E-state index in [2.05, 4.69) is 5.32 Å². The summed E-state index contributed by atoms with van der Waals surface area (Å²) < 4.78 is 44.2. The van der Waals surface area contributed by atoms with Gasteiger partial charge in [0.15, 0.2) is 0 Å². The average Bonchev–Trinajstić information content (AvgIpc) is 2.44. The molecule has 0 spiro atoms. The van der Waals surface area contributed by atoms with Crippen molar-refractivity contribution in [2.75, 3.05) is 13.1 Å². The lowest BCUT2D eigenvalue weighted by Crippen LogP contribution is -2.44. The van der Waals surface area contributed by atoms with Crippen molar-refractivity contribution >= 4 is 6.09 Å². The van der Waals surface area contributed by atoms with Gasteiger partial charge in [0, 0.05) is 25.7 Å². The van der Waals surface area contributed by atoms with Crippen LogP contribution in [0.15, 0.2) is 24.3 Å². The number of carbonyl (C=O) groups is 1. The topological polar surface area (TPSA) is 41.6 Å². The summed E-state index contributed by atoms with van der Waals surface area (Å²) in [6, 6.07) is 5.39. The van der Waals surface area contributed by atoms with Crippen LogP contribution in [0.3, 0.4) is 0 Å². The van der Waals surface area contributed by atoms with Crippen LogP contribution in [0.1, 0.15) is 45.7 Å². The molecule has 4 nitrogen and oxygen atoms in total. The van der Waals surface area contributed by atoms with Gasteiger partial charge in [0.25, 0.3) is 0 Å². The highest BCUT2D eigenvalue weighted by Gasteiger charge is 2.32. The number of halogens is 3. The molecule has 0 unspecified atom stereocenters. The van der Waals surface area contributed by atoms with Gasteiger partial charge in [-0.25, -0.2) is 4.79 Å². The molecule has 0 saturated carbocycles. The maximum absolute atomic E-state index is 13.0. The van der Waals surface area contributed by atoms with E-state index in [0.717, 1.165) is 6.07 Å². The van der Waals surface area contributed by atoms with Crippen molar-refractivity contribution in [3.8, 4) is 0 Å². The predicted octanol–water partition coefficient (Wildman–Crippen LogP) is 4.44. The van der Waals surface area contributed by atoms with E-state index < -0.39 is 23.4 Å². The molecule has 0 atom stereocenters. The van der Waals surface area contributed by atoms with Crippen molar-refractivity contribution < 1.29 is 22.7 Å². The molecule has 1 aromatic rings. The third-order valence-electron chi connectivity index (χ3n) is 3.42. The first-order chi connectivity index (χ1) is 11.4. The minimum atomic E-state index is -4.38. The molecule has 0 aliphatic carbocycles. The standard InChI is InChI=1S/C18H27F3N2O2/c1-13(2)23(16(24)25-17(3,4)5)11-10-22-12-14-8-6-7-9-15(14)18(19,20)21/h6-9,13,22H,10-12H2,1-5H3. The van der Waals surface area contributed by atoms with E-state index in [1.54, 1.807) is 31.7 Å². The molecule has 7 heteroatoms. The van der Waals surface area contributed by atoms with Crippen LogP contribution in [0.2, 0.25) is 0 Å². The predicted molar refractivity (Wildman–Crippen MR) is 91.2 cm³/mol. The van der Waals surface area contributed by atoms with Gasteiger partial charge in [-0.05, 0) is 46.2 Å². The van der Waals surface area contributed by atoms with Crippen molar-refractivity contribution in [1.82, 2.24) is 10.2 Å². The maximum Gasteiger partial charge on any atom is 0.416 e. The van der Waals surface area contributed by atoms with Crippen LogP contribution in [0.4, 0.5) is 18.0 Å². The van der Waals surface area contributed by atoms with E-state index in [9.17, 15) is 18.0 Å². The summed E-state index contributed by atoms with van der Waals surface area (Å²) in [7, 11) is 0. The second-order valence-corrected chi connectivity index (χ2v) is 7.10. The van der Waals surface area contributed by atoms with Crippen LogP contribution in [0, 0.1) is 0 Å². The quantitative estimate of drug-likeness (QED) is 0.763. The number of nitrogens with one attached hydrogen (secondary N) is 1. The average molecular weight is 360 g/mol. The molecule has 1 rings (SSSR count). The first-order valence-electron chi connectivity index (χ1n) is 8.27. The molecule has 25 heavy (non-hydrogen) atoms. The Balaban J connectivity index is 2.60. The van der Waals surface area contributed by atoms with Gasteiger partial charge in [-0.3, -0.25) is 0 Å². The fourth-order valence-electron chi connectivity index (χ4n) is 2.25. The Morgan fingerprint density at radius 3 is 2.32 bits per heavy atom. The van der Waals surface area contributed by atoms with Gasteiger partial charge >= 0.3 is 12.3 Å². The molecule has 0 heterocycles. The van der Waals surface area contributed by atoms with Crippen molar-refractivity contribution in [1.29, 1.82) is 0 Å². The zero-order chi connectivity index (χ0) is 19.3. The fraction of sp³-hybridized carbons (Fsp3) is 0.611. The van der Waals surface area contributed by atoms with Gasteiger partial charge in [-0.15, -0.1) is 0 Å². The Labute approximate surface area is 147 Å². The Kier molecular flexibility index (Phi) is 7.29. The number of nitrogens with zero attached hydrogens (tertiary/aromatic N) is 1. The first-order valence-corrected chi connectivity index (χ1v) is 8.27. The van der Waals surface area contributed by atoms with Crippen LogP contribution < -0.4 is 5.32 Å². The molecule has 142 valence electrons. The van der Waals surface area contributed by atoms with Crippen molar-refractivity contribution in [3.05, 3.63) is 35.4 Å². The van der Waals surface area contributed by atoms with Crippen LogP contribution in [-0.2, 0) is 17.5 Å². The summed E-state index contributed by atoms with van der Waals surface area (Å²) in [6.07, 6.45) is -4.81. The first kappa shape index (κ1) is 21.3. The van der Waals surface area contributed by atoms with Gasteiger partial charge in [0.05, 0.1) is 5.56 Å². The van der Waals surface area contributed by atoms with Gasteiger partial charge < -0.3 is 15.0 Å².